The van der Waals surface area contributed by atoms with Crippen LogP contribution in [0.5, 0.6) is 0 Å². The number of aryl methyl sites for hydroxylation is 1. The van der Waals surface area contributed by atoms with Crippen LogP contribution in [-0.4, -0.2) is 4.57 Å². The first-order chi connectivity index (χ1) is 12.8. The summed E-state index contributed by atoms with van der Waals surface area (Å²) in [6.45, 7) is 3.97. The first kappa shape index (κ1) is 19.9. The number of hydrogen-bond acceptors (Lipinski definition) is 1. The summed E-state index contributed by atoms with van der Waals surface area (Å²) in [4.78, 5) is 0. The molecule has 0 amide bonds. The fraction of sp³-hybridized carbons (Fsp3) is 0.0952. The Kier molecular flexibility index (Phi) is 5.89. The minimum absolute atomic E-state index is 0.411. The van der Waals surface area contributed by atoms with Crippen molar-refractivity contribution in [2.24, 2.45) is 0 Å². The molecule has 0 saturated carbocycles. The number of allylic oxidation sites excluding steroid dienone is 1. The van der Waals surface area contributed by atoms with Crippen molar-refractivity contribution in [2.45, 2.75) is 13.8 Å². The summed E-state index contributed by atoms with van der Waals surface area (Å²) in [6.07, 6.45) is 1.84. The fourth-order valence-corrected chi connectivity index (χ4v) is 3.76. The second-order valence-corrected chi connectivity index (χ2v) is 7.71. The number of benzene rings is 2. The zero-order valence-corrected chi connectivity index (χ0v) is 17.5. The second-order valence-electron chi connectivity index (χ2n) is 6.06. The van der Waals surface area contributed by atoms with Gasteiger partial charge in [-0.2, -0.15) is 5.26 Å². The van der Waals surface area contributed by atoms with Crippen molar-refractivity contribution in [3.8, 4) is 11.8 Å². The van der Waals surface area contributed by atoms with Crippen molar-refractivity contribution in [1.82, 2.24) is 4.57 Å². The minimum Gasteiger partial charge on any atom is -0.316 e. The highest BCUT2D eigenvalue weighted by Gasteiger charge is 2.14. The zero-order chi connectivity index (χ0) is 19.7. The van der Waals surface area contributed by atoms with Crippen LogP contribution >= 0.6 is 46.4 Å². The maximum atomic E-state index is 9.62. The van der Waals surface area contributed by atoms with Crippen LogP contribution < -0.4 is 0 Å². The molecule has 2 nitrogen and oxygen atoms in total. The van der Waals surface area contributed by atoms with Crippen LogP contribution in [0.2, 0.25) is 20.1 Å². The van der Waals surface area contributed by atoms with E-state index in [4.69, 9.17) is 46.4 Å². The maximum Gasteiger partial charge on any atom is 0.0998 e. The Morgan fingerprint density at radius 3 is 2.30 bits per heavy atom. The molecule has 0 spiro atoms. The second kappa shape index (κ2) is 8.00. The summed E-state index contributed by atoms with van der Waals surface area (Å²) < 4.78 is 2.04. The van der Waals surface area contributed by atoms with E-state index in [1.165, 1.54) is 0 Å². The molecule has 0 aliphatic heterocycles. The van der Waals surface area contributed by atoms with Gasteiger partial charge in [0.05, 0.1) is 32.4 Å². The quantitative estimate of drug-likeness (QED) is 0.386. The molecule has 0 N–H and O–H groups in total. The normalized spacial score (nSPS) is 11.5. The standard InChI is InChI=1S/C21H14Cl4N2/c1-12-7-15(8-16(11-26)14-3-5-18(23)19(24)9-14)13(2)27(12)21-6-4-17(22)10-20(21)25/h3-10H,1-2H3/b16-8-. The van der Waals surface area contributed by atoms with Crippen LogP contribution in [0, 0.1) is 25.2 Å². The van der Waals surface area contributed by atoms with Crippen molar-refractivity contribution in [2.75, 3.05) is 0 Å². The van der Waals surface area contributed by atoms with E-state index in [9.17, 15) is 5.26 Å². The van der Waals surface area contributed by atoms with Gasteiger partial charge in [0.15, 0.2) is 0 Å². The monoisotopic (exact) mass is 434 g/mol. The van der Waals surface area contributed by atoms with E-state index in [2.05, 4.69) is 6.07 Å². The molecule has 0 atom stereocenters. The van der Waals surface area contributed by atoms with Crippen LogP contribution in [0.4, 0.5) is 0 Å². The molecular weight excluding hydrogens is 422 g/mol. The van der Waals surface area contributed by atoms with Gasteiger partial charge in [0.1, 0.15) is 0 Å². The molecule has 0 saturated heterocycles. The molecule has 0 unspecified atom stereocenters. The largest absolute Gasteiger partial charge is 0.316 e. The maximum absolute atomic E-state index is 9.62. The van der Waals surface area contributed by atoms with E-state index in [1.807, 2.05) is 36.6 Å². The lowest BCUT2D eigenvalue weighted by molar-refractivity contribution is 0.965. The third-order valence-corrected chi connectivity index (χ3v) is 5.55. The molecular formula is C21H14Cl4N2. The van der Waals surface area contributed by atoms with Gasteiger partial charge >= 0.3 is 0 Å². The van der Waals surface area contributed by atoms with Gasteiger partial charge in [0, 0.05) is 16.4 Å². The average Bonchev–Trinajstić information content (AvgIpc) is 2.89. The van der Waals surface area contributed by atoms with Gasteiger partial charge in [0.25, 0.3) is 0 Å². The smallest absolute Gasteiger partial charge is 0.0998 e. The van der Waals surface area contributed by atoms with Gasteiger partial charge in [-0.15, -0.1) is 0 Å². The summed E-state index contributed by atoms with van der Waals surface area (Å²) in [7, 11) is 0. The van der Waals surface area contributed by atoms with Gasteiger partial charge in [-0.3, -0.25) is 0 Å². The molecule has 3 aromatic rings. The van der Waals surface area contributed by atoms with Gasteiger partial charge in [0.2, 0.25) is 0 Å². The van der Waals surface area contributed by atoms with Gasteiger partial charge < -0.3 is 4.57 Å². The lowest BCUT2D eigenvalue weighted by atomic mass is 10.0. The third kappa shape index (κ3) is 4.03. The molecule has 2 aromatic carbocycles. The van der Waals surface area contributed by atoms with E-state index in [0.717, 1.165) is 22.6 Å². The molecule has 27 heavy (non-hydrogen) atoms. The van der Waals surface area contributed by atoms with Crippen LogP contribution in [0.3, 0.4) is 0 Å². The van der Waals surface area contributed by atoms with Crippen molar-refractivity contribution in [3.63, 3.8) is 0 Å². The number of halogens is 4. The number of rotatable bonds is 3. The Morgan fingerprint density at radius 1 is 0.926 bits per heavy atom. The Balaban J connectivity index is 2.11. The van der Waals surface area contributed by atoms with E-state index in [1.54, 1.807) is 30.3 Å². The summed E-state index contributed by atoms with van der Waals surface area (Å²) in [5.41, 5.74) is 4.92. The topological polar surface area (TPSA) is 28.7 Å². The molecule has 6 heteroatoms. The first-order valence-electron chi connectivity index (χ1n) is 8.03. The van der Waals surface area contributed by atoms with Gasteiger partial charge in [-0.05, 0) is 67.4 Å². The Bertz CT molecular complexity index is 1100. The molecule has 0 aliphatic carbocycles. The highest BCUT2D eigenvalue weighted by Crippen LogP contribution is 2.31. The number of hydrogen-bond donors (Lipinski definition) is 0. The van der Waals surface area contributed by atoms with Crippen LogP contribution in [-0.2, 0) is 0 Å². The highest BCUT2D eigenvalue weighted by atomic mass is 35.5. The lowest BCUT2D eigenvalue weighted by Crippen LogP contribution is -2.00. The summed E-state index contributed by atoms with van der Waals surface area (Å²) >= 11 is 24.5. The van der Waals surface area contributed by atoms with Crippen molar-refractivity contribution in [3.05, 3.63) is 85.1 Å². The van der Waals surface area contributed by atoms with E-state index < -0.39 is 0 Å². The Hall–Kier alpha value is -1.89. The molecule has 0 fully saturated rings. The summed E-state index contributed by atoms with van der Waals surface area (Å²) in [5, 5.41) is 11.6. The zero-order valence-electron chi connectivity index (χ0n) is 14.5. The van der Waals surface area contributed by atoms with Crippen LogP contribution in [0.25, 0.3) is 17.3 Å². The van der Waals surface area contributed by atoms with E-state index >= 15 is 0 Å². The van der Waals surface area contributed by atoms with E-state index in [0.29, 0.717) is 31.2 Å². The molecule has 1 aromatic heterocycles. The van der Waals surface area contributed by atoms with Crippen molar-refractivity contribution in [1.29, 1.82) is 5.26 Å². The predicted molar refractivity (Wildman–Crippen MR) is 115 cm³/mol. The fourth-order valence-electron chi connectivity index (χ4n) is 2.97. The Morgan fingerprint density at radius 2 is 1.67 bits per heavy atom. The third-order valence-electron chi connectivity index (χ3n) is 4.27. The minimum atomic E-state index is 0.411. The molecule has 136 valence electrons. The number of nitrogens with zero attached hydrogens (tertiary/aromatic N) is 2. The SMILES string of the molecule is Cc1cc(/C=C(/C#N)c2ccc(Cl)c(Cl)c2)c(C)n1-c1ccc(Cl)cc1Cl. The van der Waals surface area contributed by atoms with Gasteiger partial charge in [-0.1, -0.05) is 52.5 Å². The average molecular weight is 436 g/mol. The van der Waals surface area contributed by atoms with Crippen molar-refractivity contribution >= 4 is 58.1 Å². The molecule has 1 heterocycles. The summed E-state index contributed by atoms with van der Waals surface area (Å²) in [6, 6.07) is 14.8. The van der Waals surface area contributed by atoms with E-state index in [-0.39, 0.29) is 0 Å². The lowest BCUT2D eigenvalue weighted by Gasteiger charge is -2.12. The number of nitriles is 1. The first-order valence-corrected chi connectivity index (χ1v) is 9.54. The van der Waals surface area contributed by atoms with Crippen LogP contribution in [0.15, 0.2) is 42.5 Å². The van der Waals surface area contributed by atoms with Gasteiger partial charge in [-0.25, -0.2) is 0 Å². The predicted octanol–water partition coefficient (Wildman–Crippen LogP) is 7.77. The molecule has 0 aliphatic rings. The summed E-state index contributed by atoms with van der Waals surface area (Å²) in [5.74, 6) is 0. The highest BCUT2D eigenvalue weighted by molar-refractivity contribution is 6.42. The number of aromatic nitrogens is 1. The molecule has 3 rings (SSSR count). The molecule has 0 bridgehead atoms. The van der Waals surface area contributed by atoms with Crippen molar-refractivity contribution < 1.29 is 0 Å². The molecule has 0 radical (unpaired) electrons. The van der Waals surface area contributed by atoms with Crippen LogP contribution in [0.1, 0.15) is 22.5 Å². The Labute approximate surface area is 178 Å².